The van der Waals surface area contributed by atoms with Crippen molar-refractivity contribution in [3.8, 4) is 0 Å². The maximum atomic E-state index is 12.5. The van der Waals surface area contributed by atoms with Crippen molar-refractivity contribution < 1.29 is 14.7 Å². The molecule has 2 aliphatic heterocycles. The molecule has 0 saturated carbocycles. The quantitative estimate of drug-likeness (QED) is 0.815. The predicted molar refractivity (Wildman–Crippen MR) is 95.0 cm³/mol. The van der Waals surface area contributed by atoms with Gasteiger partial charge in [0.2, 0.25) is 0 Å². The van der Waals surface area contributed by atoms with Gasteiger partial charge in [0.25, 0.3) is 5.91 Å². The molecule has 0 aromatic heterocycles. The second-order valence-corrected chi connectivity index (χ2v) is 7.47. The molecular weight excluding hydrogens is 318 g/mol. The van der Waals surface area contributed by atoms with Gasteiger partial charge in [-0.3, -0.25) is 9.69 Å². The highest BCUT2D eigenvalue weighted by Crippen LogP contribution is 2.32. The third kappa shape index (κ3) is 3.28. The second kappa shape index (κ2) is 6.77. The molecule has 1 aromatic carbocycles. The number of β-amino-alcohol motifs (C(OH)–C–C–N with tert-alkyl or cyclic N) is 1. The molecule has 0 unspecified atom stereocenters. The van der Waals surface area contributed by atoms with Crippen LogP contribution >= 0.6 is 0 Å². The number of nitrogens with one attached hydrogen (secondary N) is 1. The van der Waals surface area contributed by atoms with Crippen molar-refractivity contribution >= 4 is 11.9 Å². The Morgan fingerprint density at radius 3 is 2.72 bits per heavy atom. The fourth-order valence-electron chi connectivity index (χ4n) is 4.07. The van der Waals surface area contributed by atoms with Crippen LogP contribution in [-0.4, -0.2) is 59.1 Å². The van der Waals surface area contributed by atoms with E-state index in [2.05, 4.69) is 10.2 Å². The summed E-state index contributed by atoms with van der Waals surface area (Å²) in [7, 11) is 1.52. The van der Waals surface area contributed by atoms with Crippen molar-refractivity contribution in [3.63, 3.8) is 0 Å². The number of aliphatic hydroxyl groups excluding tert-OH is 1. The number of rotatable bonds is 4. The Morgan fingerprint density at radius 1 is 1.36 bits per heavy atom. The summed E-state index contributed by atoms with van der Waals surface area (Å²) >= 11 is 0. The third-order valence-electron chi connectivity index (χ3n) is 5.72. The van der Waals surface area contributed by atoms with Gasteiger partial charge in [0, 0.05) is 26.1 Å². The molecule has 25 heavy (non-hydrogen) atoms. The van der Waals surface area contributed by atoms with Crippen molar-refractivity contribution in [1.82, 2.24) is 15.1 Å². The Balaban J connectivity index is 1.69. The zero-order valence-electron chi connectivity index (χ0n) is 15.2. The van der Waals surface area contributed by atoms with Crippen LogP contribution < -0.4 is 5.32 Å². The highest BCUT2D eigenvalue weighted by atomic mass is 16.3. The number of hydrogen-bond donors (Lipinski definition) is 2. The molecule has 1 aromatic rings. The number of likely N-dealkylation sites (tertiary alicyclic amines) is 1. The highest BCUT2D eigenvalue weighted by Gasteiger charge is 2.51. The number of carbonyl (C=O) groups is 2. The lowest BCUT2D eigenvalue weighted by atomic mass is 9.80. The van der Waals surface area contributed by atoms with Gasteiger partial charge in [0.05, 0.1) is 6.10 Å². The first-order valence-corrected chi connectivity index (χ1v) is 8.89. The molecule has 6 nitrogen and oxygen atoms in total. The number of likely N-dealkylation sites (N-methyl/N-ethyl adjacent to an activating group) is 1. The van der Waals surface area contributed by atoms with Crippen LogP contribution in [0, 0.1) is 12.8 Å². The fourth-order valence-corrected chi connectivity index (χ4v) is 4.07. The van der Waals surface area contributed by atoms with E-state index < -0.39 is 11.6 Å². The smallest absolute Gasteiger partial charge is 0.324 e. The van der Waals surface area contributed by atoms with E-state index in [1.54, 1.807) is 0 Å². The van der Waals surface area contributed by atoms with Crippen molar-refractivity contribution in [2.75, 3.05) is 26.7 Å². The largest absolute Gasteiger partial charge is 0.387 e. The SMILES string of the molecule is Cc1ccccc1[C@H](O)CN1CCC[C@@H]([C@@]2(C)NC(=O)N(C)C2=O)C1. The number of piperidine rings is 1. The summed E-state index contributed by atoms with van der Waals surface area (Å²) in [6, 6.07) is 7.53. The van der Waals surface area contributed by atoms with Crippen molar-refractivity contribution in [3.05, 3.63) is 35.4 Å². The van der Waals surface area contributed by atoms with E-state index in [1.165, 1.54) is 11.9 Å². The van der Waals surface area contributed by atoms with Crippen LogP contribution in [0.15, 0.2) is 24.3 Å². The second-order valence-electron chi connectivity index (χ2n) is 7.47. The molecule has 3 atom stereocenters. The van der Waals surface area contributed by atoms with E-state index in [0.29, 0.717) is 13.1 Å². The summed E-state index contributed by atoms with van der Waals surface area (Å²) in [6.45, 7) is 5.95. The van der Waals surface area contributed by atoms with Gasteiger partial charge >= 0.3 is 6.03 Å². The maximum absolute atomic E-state index is 12.5. The number of nitrogens with zero attached hydrogens (tertiary/aromatic N) is 2. The molecular formula is C19H27N3O3. The summed E-state index contributed by atoms with van der Waals surface area (Å²) in [6.07, 6.45) is 1.30. The Hall–Kier alpha value is -1.92. The van der Waals surface area contributed by atoms with Crippen LogP contribution in [0.25, 0.3) is 0 Å². The molecule has 136 valence electrons. The van der Waals surface area contributed by atoms with Crippen LogP contribution in [0.5, 0.6) is 0 Å². The van der Waals surface area contributed by atoms with E-state index in [0.717, 1.165) is 30.5 Å². The Morgan fingerprint density at radius 2 is 2.08 bits per heavy atom. The van der Waals surface area contributed by atoms with Crippen molar-refractivity contribution in [2.45, 2.75) is 38.3 Å². The van der Waals surface area contributed by atoms with E-state index >= 15 is 0 Å². The van der Waals surface area contributed by atoms with Crippen LogP contribution in [-0.2, 0) is 4.79 Å². The average molecular weight is 345 g/mol. The maximum Gasteiger partial charge on any atom is 0.324 e. The predicted octanol–water partition coefficient (Wildman–Crippen LogP) is 1.68. The first-order chi connectivity index (χ1) is 11.8. The van der Waals surface area contributed by atoms with Gasteiger partial charge < -0.3 is 15.3 Å². The van der Waals surface area contributed by atoms with Crippen LogP contribution in [0.3, 0.4) is 0 Å². The molecule has 3 rings (SSSR count). The highest BCUT2D eigenvalue weighted by molar-refractivity contribution is 6.06. The number of aliphatic hydroxyl groups is 1. The van der Waals surface area contributed by atoms with Gasteiger partial charge in [-0.2, -0.15) is 0 Å². The zero-order chi connectivity index (χ0) is 18.2. The molecule has 2 heterocycles. The minimum atomic E-state index is -0.849. The fraction of sp³-hybridized carbons (Fsp3) is 0.579. The number of aryl methyl sites for hydroxylation is 1. The van der Waals surface area contributed by atoms with Gasteiger partial charge in [-0.05, 0) is 44.4 Å². The molecule has 0 spiro atoms. The Bertz CT molecular complexity index is 678. The number of benzene rings is 1. The zero-order valence-corrected chi connectivity index (χ0v) is 15.2. The third-order valence-corrected chi connectivity index (χ3v) is 5.72. The van der Waals surface area contributed by atoms with Crippen molar-refractivity contribution in [1.29, 1.82) is 0 Å². The lowest BCUT2D eigenvalue weighted by Gasteiger charge is -2.40. The summed E-state index contributed by atoms with van der Waals surface area (Å²) in [4.78, 5) is 27.7. The first-order valence-electron chi connectivity index (χ1n) is 8.89. The molecule has 2 aliphatic rings. The summed E-state index contributed by atoms with van der Waals surface area (Å²) < 4.78 is 0. The summed E-state index contributed by atoms with van der Waals surface area (Å²) in [5.74, 6) is -0.115. The van der Waals surface area contributed by atoms with Crippen LogP contribution in [0.1, 0.15) is 37.0 Å². The molecule has 3 amide bonds. The summed E-state index contributed by atoms with van der Waals surface area (Å²) in [5, 5.41) is 13.5. The van der Waals surface area contributed by atoms with Gasteiger partial charge in [-0.25, -0.2) is 4.79 Å². The van der Waals surface area contributed by atoms with Gasteiger partial charge in [-0.15, -0.1) is 0 Å². The number of amides is 3. The standard InChI is InChI=1S/C19H27N3O3/c1-13-7-4-5-9-15(13)16(23)12-22-10-6-8-14(11-22)19(2)17(24)21(3)18(25)20-19/h4-5,7,9,14,16,23H,6,8,10-12H2,1-3H3,(H,20,25)/t14-,16-,19-/m1/s1. The molecule has 0 bridgehead atoms. The molecule has 0 aliphatic carbocycles. The van der Waals surface area contributed by atoms with Gasteiger partial charge in [0.15, 0.2) is 0 Å². The van der Waals surface area contributed by atoms with Crippen molar-refractivity contribution in [2.24, 2.45) is 5.92 Å². The molecule has 0 radical (unpaired) electrons. The number of imide groups is 1. The monoisotopic (exact) mass is 345 g/mol. The number of hydrogen-bond acceptors (Lipinski definition) is 4. The average Bonchev–Trinajstić information content (AvgIpc) is 2.79. The normalized spacial score (nSPS) is 29.0. The van der Waals surface area contributed by atoms with Gasteiger partial charge in [-0.1, -0.05) is 24.3 Å². The first kappa shape index (κ1) is 17.9. The Labute approximate surface area is 148 Å². The van der Waals surface area contributed by atoms with E-state index in [4.69, 9.17) is 0 Å². The number of carbonyl (C=O) groups excluding carboxylic acids is 2. The van der Waals surface area contributed by atoms with E-state index in [1.807, 2.05) is 38.1 Å². The minimum absolute atomic E-state index is 0.0479. The molecule has 2 saturated heterocycles. The number of urea groups is 1. The van der Waals surface area contributed by atoms with Crippen LogP contribution in [0.4, 0.5) is 4.79 Å². The molecule has 2 N–H and O–H groups in total. The lowest BCUT2D eigenvalue weighted by Crippen LogP contribution is -2.56. The Kier molecular flexibility index (Phi) is 4.84. The molecule has 6 heteroatoms. The topological polar surface area (TPSA) is 72.9 Å². The van der Waals surface area contributed by atoms with Crippen LogP contribution in [0.2, 0.25) is 0 Å². The minimum Gasteiger partial charge on any atom is -0.387 e. The lowest BCUT2D eigenvalue weighted by molar-refractivity contribution is -0.132. The van der Waals surface area contributed by atoms with E-state index in [9.17, 15) is 14.7 Å². The van der Waals surface area contributed by atoms with E-state index in [-0.39, 0.29) is 17.9 Å². The molecule has 2 fully saturated rings. The summed E-state index contributed by atoms with van der Waals surface area (Å²) in [5.41, 5.74) is 1.18. The van der Waals surface area contributed by atoms with Gasteiger partial charge in [0.1, 0.15) is 5.54 Å².